The summed E-state index contributed by atoms with van der Waals surface area (Å²) in [6, 6.07) is 0. The lowest BCUT2D eigenvalue weighted by Gasteiger charge is -2.03. The number of hydrogen-bond acceptors (Lipinski definition) is 2. The van der Waals surface area contributed by atoms with Crippen molar-refractivity contribution in [1.29, 1.82) is 0 Å². The molecule has 0 saturated carbocycles. The second-order valence-corrected chi connectivity index (χ2v) is 5.46. The smallest absolute Gasteiger partial charge is 0.322 e. The van der Waals surface area contributed by atoms with Crippen molar-refractivity contribution in [2.75, 3.05) is 6.54 Å². The maximum Gasteiger partial charge on any atom is 0.322 e. The van der Waals surface area contributed by atoms with Crippen molar-refractivity contribution >= 4 is 34.9 Å². The van der Waals surface area contributed by atoms with E-state index < -0.39 is 5.97 Å². The Morgan fingerprint density at radius 1 is 0.810 bits per heavy atom. The summed E-state index contributed by atoms with van der Waals surface area (Å²) in [6.45, 7) is 1.97. The van der Waals surface area contributed by atoms with Crippen molar-refractivity contribution in [1.82, 2.24) is 5.32 Å². The molecule has 0 aromatic heterocycles. The van der Waals surface area contributed by atoms with E-state index in [1.165, 1.54) is 57.8 Å². The van der Waals surface area contributed by atoms with E-state index >= 15 is 0 Å². The molecule has 0 aliphatic carbocycles. The fourth-order valence-electron chi connectivity index (χ4n) is 2.21. The van der Waals surface area contributed by atoms with Crippen molar-refractivity contribution in [3.05, 3.63) is 0 Å². The molecular weight excluding hydrogens is 278 g/mol. The molecule has 0 fully saturated rings. The highest BCUT2D eigenvalue weighted by molar-refractivity contribution is 5.80. The largest absolute Gasteiger partial charge is 0.480 e. The molecule has 21 heavy (non-hydrogen) atoms. The monoisotopic (exact) mass is 309 g/mol. The summed E-state index contributed by atoms with van der Waals surface area (Å²) in [6.07, 6.45) is 14.2. The average molecular weight is 310 g/mol. The second kappa shape index (κ2) is 17.8. The molecule has 0 unspecified atom stereocenters. The van der Waals surface area contributed by atoms with Gasteiger partial charge in [-0.3, -0.25) is 9.59 Å². The number of unbranched alkanes of at least 4 members (excludes halogenated alkanes) is 10. The molecule has 2 N–H and O–H groups in total. The van der Waals surface area contributed by atoms with Crippen molar-refractivity contribution in [3.63, 3.8) is 0 Å². The first-order valence-electron chi connectivity index (χ1n) is 8.15. The highest BCUT2D eigenvalue weighted by Crippen LogP contribution is 2.11. The standard InChI is InChI=1S/C16H31NO3.Mg/c1-2-3-4-5-6-7-8-9-10-11-12-13-15(18)17-14-16(19)20;/h2-14H2,1H3,(H,17,18)(H,19,20);. The second-order valence-electron chi connectivity index (χ2n) is 5.46. The van der Waals surface area contributed by atoms with Crippen LogP contribution in [0.4, 0.5) is 0 Å². The number of amides is 1. The van der Waals surface area contributed by atoms with Crippen LogP contribution >= 0.6 is 0 Å². The average Bonchev–Trinajstić information content (AvgIpc) is 2.42. The normalized spacial score (nSPS) is 9.95. The summed E-state index contributed by atoms with van der Waals surface area (Å²) < 4.78 is 0. The van der Waals surface area contributed by atoms with E-state index in [4.69, 9.17) is 5.11 Å². The number of carbonyl (C=O) groups is 2. The summed E-state index contributed by atoms with van der Waals surface area (Å²) in [5.74, 6) is -1.14. The van der Waals surface area contributed by atoms with Gasteiger partial charge >= 0.3 is 5.97 Å². The molecule has 5 heteroatoms. The van der Waals surface area contributed by atoms with Crippen LogP contribution in [0.25, 0.3) is 0 Å². The number of carbonyl (C=O) groups excluding carboxylic acids is 1. The Hall–Kier alpha value is -0.294. The fraction of sp³-hybridized carbons (Fsp3) is 0.875. The summed E-state index contributed by atoms with van der Waals surface area (Å²) in [7, 11) is 0. The van der Waals surface area contributed by atoms with Gasteiger partial charge < -0.3 is 10.4 Å². The minimum absolute atomic E-state index is 0. The van der Waals surface area contributed by atoms with Crippen LogP contribution in [-0.2, 0) is 9.59 Å². The van der Waals surface area contributed by atoms with Crippen LogP contribution in [0, 0.1) is 0 Å². The lowest BCUT2D eigenvalue weighted by molar-refractivity contribution is -0.137. The molecular formula is C16H31MgNO3. The molecule has 0 aliphatic heterocycles. The van der Waals surface area contributed by atoms with Crippen molar-refractivity contribution < 1.29 is 14.7 Å². The summed E-state index contributed by atoms with van der Waals surface area (Å²) in [5.41, 5.74) is 0. The van der Waals surface area contributed by atoms with E-state index in [1.54, 1.807) is 0 Å². The first kappa shape index (κ1) is 23.0. The van der Waals surface area contributed by atoms with E-state index in [1.807, 2.05) is 0 Å². The SMILES string of the molecule is CCCCCCCCCCCCCC(=O)NCC(=O)O.[Mg]. The van der Waals surface area contributed by atoms with Gasteiger partial charge in [0, 0.05) is 29.5 Å². The van der Waals surface area contributed by atoms with Gasteiger partial charge in [-0.15, -0.1) is 0 Å². The molecule has 0 aromatic rings. The first-order valence-corrected chi connectivity index (χ1v) is 8.15. The van der Waals surface area contributed by atoms with Crippen LogP contribution in [0.2, 0.25) is 0 Å². The van der Waals surface area contributed by atoms with Gasteiger partial charge in [0.15, 0.2) is 0 Å². The third-order valence-electron chi connectivity index (χ3n) is 3.44. The van der Waals surface area contributed by atoms with Crippen LogP contribution in [0.3, 0.4) is 0 Å². The Balaban J connectivity index is 0. The summed E-state index contributed by atoms with van der Waals surface area (Å²) in [5, 5.41) is 10.8. The minimum atomic E-state index is -0.989. The van der Waals surface area contributed by atoms with Gasteiger partial charge in [-0.25, -0.2) is 0 Å². The van der Waals surface area contributed by atoms with E-state index in [9.17, 15) is 9.59 Å². The van der Waals surface area contributed by atoms with E-state index in [-0.39, 0.29) is 35.5 Å². The summed E-state index contributed by atoms with van der Waals surface area (Å²) in [4.78, 5) is 21.5. The lowest BCUT2D eigenvalue weighted by Crippen LogP contribution is -2.28. The van der Waals surface area contributed by atoms with Gasteiger partial charge in [0.2, 0.25) is 5.91 Å². The third-order valence-corrected chi connectivity index (χ3v) is 3.44. The lowest BCUT2D eigenvalue weighted by atomic mass is 10.1. The Labute approximate surface area is 145 Å². The Kier molecular flexibility index (Phi) is 19.4. The Morgan fingerprint density at radius 3 is 1.67 bits per heavy atom. The highest BCUT2D eigenvalue weighted by atomic mass is 24.3. The molecule has 0 rings (SSSR count). The predicted octanol–water partition coefficient (Wildman–Crippen LogP) is 3.51. The molecule has 0 spiro atoms. The molecule has 0 heterocycles. The first-order chi connectivity index (χ1) is 9.66. The van der Waals surface area contributed by atoms with Crippen molar-refractivity contribution in [3.8, 4) is 0 Å². The van der Waals surface area contributed by atoms with Crippen molar-refractivity contribution in [2.45, 2.75) is 84.0 Å². The summed E-state index contributed by atoms with van der Waals surface area (Å²) >= 11 is 0. The quantitative estimate of drug-likeness (QED) is 0.381. The predicted molar refractivity (Wildman–Crippen MR) is 87.5 cm³/mol. The van der Waals surface area contributed by atoms with Gasteiger partial charge in [-0.2, -0.15) is 0 Å². The van der Waals surface area contributed by atoms with Gasteiger partial charge in [-0.05, 0) is 6.42 Å². The number of carboxylic acid groups (broad SMARTS) is 1. The number of carboxylic acids is 1. The molecule has 0 aromatic carbocycles. The zero-order chi connectivity index (χ0) is 15.1. The molecule has 0 bridgehead atoms. The maximum absolute atomic E-state index is 11.2. The maximum atomic E-state index is 11.2. The molecule has 0 aliphatic rings. The molecule has 0 atom stereocenters. The topological polar surface area (TPSA) is 66.4 Å². The molecule has 120 valence electrons. The van der Waals surface area contributed by atoms with E-state index in [2.05, 4.69) is 12.2 Å². The Morgan fingerprint density at radius 2 is 1.24 bits per heavy atom. The van der Waals surface area contributed by atoms with Crippen LogP contribution < -0.4 is 5.32 Å². The zero-order valence-corrected chi connectivity index (χ0v) is 15.1. The Bertz CT molecular complexity index is 260. The minimum Gasteiger partial charge on any atom is -0.480 e. The number of hydrogen-bond donors (Lipinski definition) is 2. The van der Waals surface area contributed by atoms with Gasteiger partial charge in [-0.1, -0.05) is 71.1 Å². The van der Waals surface area contributed by atoms with Gasteiger partial charge in [0.05, 0.1) is 0 Å². The van der Waals surface area contributed by atoms with Gasteiger partial charge in [0.25, 0.3) is 0 Å². The van der Waals surface area contributed by atoms with E-state index in [0.717, 1.165) is 12.8 Å². The highest BCUT2D eigenvalue weighted by Gasteiger charge is 2.03. The zero-order valence-electron chi connectivity index (χ0n) is 13.7. The molecule has 2 radical (unpaired) electrons. The molecule has 1 amide bonds. The van der Waals surface area contributed by atoms with Crippen LogP contribution in [-0.4, -0.2) is 46.6 Å². The number of rotatable bonds is 14. The number of aliphatic carboxylic acids is 1. The van der Waals surface area contributed by atoms with Crippen molar-refractivity contribution in [2.24, 2.45) is 0 Å². The van der Waals surface area contributed by atoms with Crippen LogP contribution in [0.15, 0.2) is 0 Å². The van der Waals surface area contributed by atoms with E-state index in [0.29, 0.717) is 6.42 Å². The fourth-order valence-corrected chi connectivity index (χ4v) is 2.21. The molecule has 0 saturated heterocycles. The third kappa shape index (κ3) is 19.7. The number of nitrogens with one attached hydrogen (secondary N) is 1. The van der Waals surface area contributed by atoms with Crippen LogP contribution in [0.1, 0.15) is 84.0 Å². The van der Waals surface area contributed by atoms with Gasteiger partial charge in [0.1, 0.15) is 6.54 Å². The molecule has 4 nitrogen and oxygen atoms in total. The van der Waals surface area contributed by atoms with Crippen LogP contribution in [0.5, 0.6) is 0 Å².